The minimum atomic E-state index is -5.28. The fourth-order valence-electron chi connectivity index (χ4n) is 5.09. The van der Waals surface area contributed by atoms with Crippen molar-refractivity contribution in [3.63, 3.8) is 0 Å². The minimum Gasteiger partial charge on any atom is -0.334 e. The number of piperidine rings is 2. The molecular formula is C19H26F3N3O3S2. The van der Waals surface area contributed by atoms with Gasteiger partial charge in [0.25, 0.3) is 5.91 Å². The Labute approximate surface area is 178 Å². The third-order valence-corrected chi connectivity index (χ3v) is 9.32. The van der Waals surface area contributed by atoms with Crippen molar-refractivity contribution in [3.8, 4) is 0 Å². The largest absolute Gasteiger partial charge is 0.511 e. The first kappa shape index (κ1) is 22.0. The summed E-state index contributed by atoms with van der Waals surface area (Å²) in [6, 6.07) is 0.293. The fraction of sp³-hybridized carbons (Fsp3) is 0.789. The highest BCUT2D eigenvalue weighted by Crippen LogP contribution is 2.37. The standard InChI is InChI=1S/C19H26F3N3O3S2/c20-19(21,22)30(27,28)24-10-7-14(8-11-24)17-23-15(12-29-17)18(26)25-9-3-5-13-4-1-2-6-16(13)25/h12-14,16H,1-11H2. The highest BCUT2D eigenvalue weighted by molar-refractivity contribution is 7.90. The summed E-state index contributed by atoms with van der Waals surface area (Å²) in [5.41, 5.74) is -4.86. The molecule has 0 bridgehead atoms. The van der Waals surface area contributed by atoms with Crippen molar-refractivity contribution in [3.05, 3.63) is 16.1 Å². The number of thiazole rings is 1. The van der Waals surface area contributed by atoms with E-state index in [1.54, 1.807) is 5.38 Å². The average Bonchev–Trinajstić information content (AvgIpc) is 3.22. The number of carbonyl (C=O) groups is 1. The van der Waals surface area contributed by atoms with Gasteiger partial charge in [0.05, 0.1) is 5.01 Å². The van der Waals surface area contributed by atoms with E-state index in [1.165, 1.54) is 30.6 Å². The first-order valence-corrected chi connectivity index (χ1v) is 12.8. The number of fused-ring (bicyclic) bond motifs is 1. The second-order valence-electron chi connectivity index (χ2n) is 8.45. The van der Waals surface area contributed by atoms with Crippen molar-refractivity contribution < 1.29 is 26.4 Å². The summed E-state index contributed by atoms with van der Waals surface area (Å²) in [6.07, 6.45) is 7.32. The molecule has 2 aliphatic heterocycles. The quantitative estimate of drug-likeness (QED) is 0.677. The van der Waals surface area contributed by atoms with Crippen LogP contribution in [0.2, 0.25) is 0 Å². The third-order valence-electron chi connectivity index (χ3n) is 6.68. The summed E-state index contributed by atoms with van der Waals surface area (Å²) in [4.78, 5) is 19.6. The second kappa shape index (κ2) is 8.38. The predicted octanol–water partition coefficient (Wildman–Crippen LogP) is 3.97. The molecule has 2 atom stereocenters. The molecule has 2 unspecified atom stereocenters. The van der Waals surface area contributed by atoms with Crippen LogP contribution in [0.25, 0.3) is 0 Å². The maximum atomic E-state index is 13.1. The number of hydrogen-bond donors (Lipinski definition) is 0. The lowest BCUT2D eigenvalue weighted by Crippen LogP contribution is -2.49. The van der Waals surface area contributed by atoms with Crippen LogP contribution in [0.1, 0.15) is 72.8 Å². The first-order chi connectivity index (χ1) is 14.2. The van der Waals surface area contributed by atoms with Crippen LogP contribution in [0, 0.1) is 5.92 Å². The Morgan fingerprint density at radius 1 is 1.03 bits per heavy atom. The molecule has 1 amide bonds. The van der Waals surface area contributed by atoms with E-state index in [1.807, 2.05) is 4.90 Å². The molecule has 168 valence electrons. The monoisotopic (exact) mass is 465 g/mol. The van der Waals surface area contributed by atoms with Crippen molar-refractivity contribution in [2.24, 2.45) is 5.92 Å². The van der Waals surface area contributed by atoms with Gasteiger partial charge in [0.2, 0.25) is 0 Å². The van der Waals surface area contributed by atoms with Crippen LogP contribution >= 0.6 is 11.3 Å². The summed E-state index contributed by atoms with van der Waals surface area (Å²) in [5, 5.41) is 2.45. The van der Waals surface area contributed by atoms with E-state index in [2.05, 4.69) is 4.98 Å². The molecule has 30 heavy (non-hydrogen) atoms. The number of sulfonamides is 1. The number of halogens is 3. The van der Waals surface area contributed by atoms with Crippen molar-refractivity contribution in [1.82, 2.24) is 14.2 Å². The molecule has 11 heteroatoms. The summed E-state index contributed by atoms with van der Waals surface area (Å²) >= 11 is 1.34. The van der Waals surface area contributed by atoms with Crippen LogP contribution in [0.3, 0.4) is 0 Å². The summed E-state index contributed by atoms with van der Waals surface area (Å²) < 4.78 is 61.9. The van der Waals surface area contributed by atoms with Crippen molar-refractivity contribution in [2.45, 2.75) is 68.8 Å². The Bertz CT molecular complexity index is 877. The van der Waals surface area contributed by atoms with Gasteiger partial charge in [-0.05, 0) is 44.4 Å². The fourth-order valence-corrected chi connectivity index (χ4v) is 7.04. The Morgan fingerprint density at radius 2 is 1.70 bits per heavy atom. The number of likely N-dealkylation sites (tertiary alicyclic amines) is 1. The first-order valence-electron chi connectivity index (χ1n) is 10.5. The number of alkyl halides is 3. The minimum absolute atomic E-state index is 0.0498. The molecule has 0 N–H and O–H groups in total. The zero-order valence-electron chi connectivity index (χ0n) is 16.6. The van der Waals surface area contributed by atoms with Crippen LogP contribution in [-0.2, 0) is 10.0 Å². The topological polar surface area (TPSA) is 70.6 Å². The van der Waals surface area contributed by atoms with Gasteiger partial charge in [-0.15, -0.1) is 11.3 Å². The molecule has 1 aromatic heterocycles. The highest BCUT2D eigenvalue weighted by atomic mass is 32.2. The molecule has 0 spiro atoms. The van der Waals surface area contributed by atoms with E-state index in [0.29, 0.717) is 27.0 Å². The lowest BCUT2D eigenvalue weighted by Gasteiger charge is -2.43. The molecule has 2 saturated heterocycles. The van der Waals surface area contributed by atoms with Crippen LogP contribution in [0.4, 0.5) is 13.2 Å². The second-order valence-corrected chi connectivity index (χ2v) is 11.3. The van der Waals surface area contributed by atoms with Gasteiger partial charge in [-0.2, -0.15) is 17.5 Å². The van der Waals surface area contributed by atoms with Gasteiger partial charge in [0.1, 0.15) is 5.69 Å². The Morgan fingerprint density at radius 3 is 2.40 bits per heavy atom. The molecule has 3 fully saturated rings. The van der Waals surface area contributed by atoms with Gasteiger partial charge in [0, 0.05) is 37.0 Å². The van der Waals surface area contributed by atoms with Crippen LogP contribution in [-0.4, -0.2) is 59.7 Å². The summed E-state index contributed by atoms with van der Waals surface area (Å²) in [5.74, 6) is 0.403. The molecule has 0 aromatic carbocycles. The lowest BCUT2D eigenvalue weighted by atomic mass is 9.78. The molecule has 0 radical (unpaired) electrons. The molecule has 1 aliphatic carbocycles. The van der Waals surface area contributed by atoms with E-state index in [0.717, 1.165) is 25.8 Å². The van der Waals surface area contributed by atoms with E-state index in [-0.39, 0.29) is 37.8 Å². The van der Waals surface area contributed by atoms with Gasteiger partial charge in [-0.1, -0.05) is 12.8 Å². The normalized spacial score (nSPS) is 27.1. The van der Waals surface area contributed by atoms with Gasteiger partial charge < -0.3 is 4.90 Å². The maximum Gasteiger partial charge on any atom is 0.511 e. The predicted molar refractivity (Wildman–Crippen MR) is 107 cm³/mol. The summed E-state index contributed by atoms with van der Waals surface area (Å²) in [7, 11) is -5.28. The Kier molecular flexibility index (Phi) is 6.15. The number of hydrogen-bond acceptors (Lipinski definition) is 5. The van der Waals surface area contributed by atoms with Gasteiger partial charge in [0.15, 0.2) is 0 Å². The number of aromatic nitrogens is 1. The molecule has 3 aliphatic rings. The molecule has 1 saturated carbocycles. The molecule has 3 heterocycles. The van der Waals surface area contributed by atoms with E-state index in [4.69, 9.17) is 0 Å². The molecule has 6 nitrogen and oxygen atoms in total. The summed E-state index contributed by atoms with van der Waals surface area (Å²) in [6.45, 7) is 0.372. The van der Waals surface area contributed by atoms with Crippen molar-refractivity contribution in [1.29, 1.82) is 0 Å². The Balaban J connectivity index is 1.41. The van der Waals surface area contributed by atoms with E-state index in [9.17, 15) is 26.4 Å². The third kappa shape index (κ3) is 4.12. The molecular weight excluding hydrogens is 439 g/mol. The molecule has 4 rings (SSSR count). The average molecular weight is 466 g/mol. The zero-order chi connectivity index (χ0) is 21.5. The van der Waals surface area contributed by atoms with Gasteiger partial charge >= 0.3 is 15.5 Å². The lowest BCUT2D eigenvalue weighted by molar-refractivity contribution is -0.0494. The van der Waals surface area contributed by atoms with E-state index >= 15 is 0 Å². The van der Waals surface area contributed by atoms with Crippen molar-refractivity contribution >= 4 is 27.3 Å². The van der Waals surface area contributed by atoms with Gasteiger partial charge in [-0.25, -0.2) is 13.4 Å². The number of nitrogens with zero attached hydrogens (tertiary/aromatic N) is 3. The highest BCUT2D eigenvalue weighted by Gasteiger charge is 2.50. The number of amides is 1. The van der Waals surface area contributed by atoms with Crippen molar-refractivity contribution in [2.75, 3.05) is 19.6 Å². The molecule has 1 aromatic rings. The van der Waals surface area contributed by atoms with Crippen LogP contribution < -0.4 is 0 Å². The smallest absolute Gasteiger partial charge is 0.334 e. The number of rotatable bonds is 3. The van der Waals surface area contributed by atoms with E-state index < -0.39 is 15.5 Å². The SMILES string of the molecule is O=C(c1csc(C2CCN(S(=O)(=O)C(F)(F)F)CC2)n1)N1CCCC2CCCCC21. The maximum absolute atomic E-state index is 13.1. The number of carbonyl (C=O) groups excluding carboxylic acids is 1. The van der Waals surface area contributed by atoms with Crippen LogP contribution in [0.5, 0.6) is 0 Å². The van der Waals surface area contributed by atoms with Crippen LogP contribution in [0.15, 0.2) is 5.38 Å². The van der Waals surface area contributed by atoms with Gasteiger partial charge in [-0.3, -0.25) is 4.79 Å². The Hall–Kier alpha value is -1.20. The zero-order valence-corrected chi connectivity index (χ0v) is 18.2.